The van der Waals surface area contributed by atoms with Gasteiger partial charge in [-0.3, -0.25) is 20.4 Å². The highest BCUT2D eigenvalue weighted by atomic mass is 79.9. The summed E-state index contributed by atoms with van der Waals surface area (Å²) in [4.78, 5) is 24.3. The Morgan fingerprint density at radius 1 is 1.10 bits per heavy atom. The summed E-state index contributed by atoms with van der Waals surface area (Å²) in [6, 6.07) is 8.85. The standard InChI is InChI=1S/C13H10Br2N2O2S/c1-7-4-2-3-5-8(7)12(18)16-17-13(19)10-6-9(14)11(15)20-10/h2-6H,1H3,(H,16,18)(H,17,19). The number of halogens is 2. The lowest BCUT2D eigenvalue weighted by Crippen LogP contribution is -2.41. The van der Waals surface area contributed by atoms with Gasteiger partial charge in [0.15, 0.2) is 0 Å². The minimum Gasteiger partial charge on any atom is -0.267 e. The number of rotatable bonds is 2. The van der Waals surface area contributed by atoms with E-state index in [1.807, 2.05) is 19.1 Å². The predicted octanol–water partition coefficient (Wildman–Crippen LogP) is 3.66. The van der Waals surface area contributed by atoms with Gasteiger partial charge in [-0.25, -0.2) is 0 Å². The summed E-state index contributed by atoms with van der Waals surface area (Å²) in [6.45, 7) is 1.84. The number of hydrogen-bond donors (Lipinski definition) is 2. The van der Waals surface area contributed by atoms with Crippen LogP contribution in [0.2, 0.25) is 0 Å². The van der Waals surface area contributed by atoms with Gasteiger partial charge in [-0.1, -0.05) is 18.2 Å². The van der Waals surface area contributed by atoms with Gasteiger partial charge in [0.25, 0.3) is 11.8 Å². The van der Waals surface area contributed by atoms with Gasteiger partial charge in [0, 0.05) is 10.0 Å². The molecule has 104 valence electrons. The lowest BCUT2D eigenvalue weighted by Gasteiger charge is -2.08. The molecule has 1 aromatic carbocycles. The van der Waals surface area contributed by atoms with Crippen molar-refractivity contribution in [2.75, 3.05) is 0 Å². The van der Waals surface area contributed by atoms with E-state index in [0.717, 1.165) is 13.8 Å². The van der Waals surface area contributed by atoms with Crippen LogP contribution in [0.1, 0.15) is 25.6 Å². The lowest BCUT2D eigenvalue weighted by molar-refractivity contribution is 0.0848. The van der Waals surface area contributed by atoms with Crippen LogP contribution in [0.3, 0.4) is 0 Å². The summed E-state index contributed by atoms with van der Waals surface area (Å²) in [7, 11) is 0. The van der Waals surface area contributed by atoms with Gasteiger partial charge in [-0.05, 0) is 56.5 Å². The molecule has 2 N–H and O–H groups in total. The molecular weight excluding hydrogens is 408 g/mol. The van der Waals surface area contributed by atoms with Crippen molar-refractivity contribution in [2.24, 2.45) is 0 Å². The van der Waals surface area contributed by atoms with E-state index in [1.165, 1.54) is 11.3 Å². The number of hydrazine groups is 1. The summed E-state index contributed by atoms with van der Waals surface area (Å²) in [5.41, 5.74) is 6.18. The van der Waals surface area contributed by atoms with E-state index in [9.17, 15) is 9.59 Å². The summed E-state index contributed by atoms with van der Waals surface area (Å²) in [6.07, 6.45) is 0. The van der Waals surface area contributed by atoms with E-state index in [4.69, 9.17) is 0 Å². The van der Waals surface area contributed by atoms with Crippen LogP contribution in [0.5, 0.6) is 0 Å². The molecule has 4 nitrogen and oxygen atoms in total. The van der Waals surface area contributed by atoms with Crippen molar-refractivity contribution < 1.29 is 9.59 Å². The van der Waals surface area contributed by atoms with E-state index in [0.29, 0.717) is 10.4 Å². The molecule has 0 spiro atoms. The van der Waals surface area contributed by atoms with Crippen LogP contribution in [0.25, 0.3) is 0 Å². The first-order valence-corrected chi connectivity index (χ1v) is 8.00. The number of hydrogen-bond acceptors (Lipinski definition) is 3. The molecule has 1 heterocycles. The number of nitrogens with one attached hydrogen (secondary N) is 2. The summed E-state index contributed by atoms with van der Waals surface area (Å²) in [5.74, 6) is -0.700. The fraction of sp³-hybridized carbons (Fsp3) is 0.0769. The lowest BCUT2D eigenvalue weighted by atomic mass is 10.1. The molecule has 1 aromatic heterocycles. The second-order valence-corrected chi connectivity index (χ2v) is 7.18. The summed E-state index contributed by atoms with van der Waals surface area (Å²) < 4.78 is 1.63. The van der Waals surface area contributed by atoms with Crippen LogP contribution < -0.4 is 10.9 Å². The molecule has 0 unspecified atom stereocenters. The van der Waals surface area contributed by atoms with E-state index < -0.39 is 0 Å². The van der Waals surface area contributed by atoms with Crippen molar-refractivity contribution in [2.45, 2.75) is 6.92 Å². The van der Waals surface area contributed by atoms with E-state index in [1.54, 1.807) is 18.2 Å². The third-order valence-electron chi connectivity index (χ3n) is 2.55. The molecule has 0 aliphatic heterocycles. The molecule has 2 aromatic rings. The Labute approximate surface area is 136 Å². The highest BCUT2D eigenvalue weighted by molar-refractivity contribution is 9.13. The average Bonchev–Trinajstić information content (AvgIpc) is 2.76. The number of carbonyl (C=O) groups excluding carboxylic acids is 2. The maximum absolute atomic E-state index is 11.9. The smallest absolute Gasteiger partial charge is 0.267 e. The number of amides is 2. The number of carbonyl (C=O) groups is 2. The highest BCUT2D eigenvalue weighted by Gasteiger charge is 2.14. The minimum atomic E-state index is -0.358. The molecule has 0 aliphatic rings. The quantitative estimate of drug-likeness (QED) is 0.732. The molecule has 0 saturated heterocycles. The van der Waals surface area contributed by atoms with Gasteiger partial charge in [0.2, 0.25) is 0 Å². The topological polar surface area (TPSA) is 58.2 Å². The second-order valence-electron chi connectivity index (χ2n) is 3.96. The van der Waals surface area contributed by atoms with Crippen LogP contribution in [0.15, 0.2) is 38.6 Å². The average molecular weight is 418 g/mol. The van der Waals surface area contributed by atoms with E-state index in [-0.39, 0.29) is 11.8 Å². The fourth-order valence-corrected chi connectivity index (χ4v) is 3.46. The zero-order valence-corrected chi connectivity index (χ0v) is 14.4. The first-order valence-electron chi connectivity index (χ1n) is 5.60. The van der Waals surface area contributed by atoms with Crippen molar-refractivity contribution in [1.29, 1.82) is 0 Å². The van der Waals surface area contributed by atoms with Crippen molar-refractivity contribution in [3.05, 3.63) is 54.6 Å². The first kappa shape index (κ1) is 15.2. The Hall–Kier alpha value is -1.18. The van der Waals surface area contributed by atoms with Gasteiger partial charge in [-0.2, -0.15) is 0 Å². The Morgan fingerprint density at radius 2 is 1.75 bits per heavy atom. The van der Waals surface area contributed by atoms with Gasteiger partial charge >= 0.3 is 0 Å². The third kappa shape index (κ3) is 3.47. The molecule has 0 radical (unpaired) electrons. The largest absolute Gasteiger partial charge is 0.279 e. The van der Waals surface area contributed by atoms with Gasteiger partial charge < -0.3 is 0 Å². The van der Waals surface area contributed by atoms with Crippen molar-refractivity contribution >= 4 is 55.0 Å². The molecule has 2 amide bonds. The minimum absolute atomic E-state index is 0.342. The summed E-state index contributed by atoms with van der Waals surface area (Å²) >= 11 is 7.90. The van der Waals surface area contributed by atoms with Gasteiger partial charge in [-0.15, -0.1) is 11.3 Å². The van der Waals surface area contributed by atoms with Crippen molar-refractivity contribution in [1.82, 2.24) is 10.9 Å². The van der Waals surface area contributed by atoms with Gasteiger partial charge in [0.1, 0.15) is 0 Å². The number of benzene rings is 1. The maximum Gasteiger partial charge on any atom is 0.279 e. The maximum atomic E-state index is 11.9. The second kappa shape index (κ2) is 6.51. The van der Waals surface area contributed by atoms with Crippen LogP contribution in [0.4, 0.5) is 0 Å². The number of thiophene rings is 1. The normalized spacial score (nSPS) is 10.2. The van der Waals surface area contributed by atoms with Crippen LogP contribution in [-0.4, -0.2) is 11.8 Å². The van der Waals surface area contributed by atoms with Gasteiger partial charge in [0.05, 0.1) is 8.66 Å². The Morgan fingerprint density at radius 3 is 2.35 bits per heavy atom. The molecular formula is C13H10Br2N2O2S. The first-order chi connectivity index (χ1) is 9.49. The Bertz CT molecular complexity index is 651. The van der Waals surface area contributed by atoms with Crippen LogP contribution in [-0.2, 0) is 0 Å². The van der Waals surface area contributed by atoms with Crippen molar-refractivity contribution in [3.8, 4) is 0 Å². The SMILES string of the molecule is Cc1ccccc1C(=O)NNC(=O)c1cc(Br)c(Br)s1. The van der Waals surface area contributed by atoms with Crippen LogP contribution in [0, 0.1) is 6.92 Å². The Kier molecular flexibility index (Phi) is 4.95. The Balaban J connectivity index is 2.00. The van der Waals surface area contributed by atoms with E-state index in [2.05, 4.69) is 42.7 Å². The molecule has 0 aliphatic carbocycles. The molecule has 0 fully saturated rings. The predicted molar refractivity (Wildman–Crippen MR) is 85.8 cm³/mol. The monoisotopic (exact) mass is 416 g/mol. The molecule has 0 atom stereocenters. The fourth-order valence-electron chi connectivity index (χ4n) is 1.53. The van der Waals surface area contributed by atoms with Crippen LogP contribution >= 0.6 is 43.2 Å². The molecule has 2 rings (SSSR count). The zero-order valence-electron chi connectivity index (χ0n) is 10.4. The molecule has 7 heteroatoms. The summed E-state index contributed by atoms with van der Waals surface area (Å²) in [5, 5.41) is 0. The van der Waals surface area contributed by atoms with E-state index >= 15 is 0 Å². The molecule has 0 bridgehead atoms. The third-order valence-corrected chi connectivity index (χ3v) is 5.80. The highest BCUT2D eigenvalue weighted by Crippen LogP contribution is 2.32. The van der Waals surface area contributed by atoms with Crippen molar-refractivity contribution in [3.63, 3.8) is 0 Å². The number of aryl methyl sites for hydroxylation is 1. The zero-order chi connectivity index (χ0) is 14.7. The molecule has 0 saturated carbocycles. The molecule has 20 heavy (non-hydrogen) atoms.